The van der Waals surface area contributed by atoms with Gasteiger partial charge in [-0.15, -0.1) is 0 Å². The van der Waals surface area contributed by atoms with Crippen LogP contribution < -0.4 is 0 Å². The van der Waals surface area contributed by atoms with E-state index in [1.807, 2.05) is 0 Å². The van der Waals surface area contributed by atoms with E-state index in [-0.39, 0.29) is 24.0 Å². The molecule has 0 amide bonds. The molecule has 0 radical (unpaired) electrons. The highest BCUT2D eigenvalue weighted by molar-refractivity contribution is 6.74. The quantitative estimate of drug-likeness (QED) is 0.513. The summed E-state index contributed by atoms with van der Waals surface area (Å²) in [7, 11) is -1.77. The van der Waals surface area contributed by atoms with Gasteiger partial charge in [0.25, 0.3) is 0 Å². The average molecular weight is 397 g/mol. The largest absolute Gasteiger partial charge is 0.416 e. The summed E-state index contributed by atoms with van der Waals surface area (Å²) in [5.41, 5.74) is 1.20. The van der Waals surface area contributed by atoms with Crippen LogP contribution in [0.2, 0.25) is 18.1 Å². The van der Waals surface area contributed by atoms with Gasteiger partial charge in [0.05, 0.1) is 12.7 Å². The van der Waals surface area contributed by atoms with Gasteiger partial charge in [0.1, 0.15) is 0 Å². The highest BCUT2D eigenvalue weighted by atomic mass is 28.4. The highest BCUT2D eigenvalue weighted by Gasteiger charge is 2.47. The minimum absolute atomic E-state index is 0.0411. The third-order valence-electron chi connectivity index (χ3n) is 7.44. The Balaban J connectivity index is 1.70. The van der Waals surface area contributed by atoms with Gasteiger partial charge in [-0.3, -0.25) is 0 Å². The Labute approximate surface area is 166 Å². The van der Waals surface area contributed by atoms with Gasteiger partial charge in [-0.2, -0.15) is 0 Å². The SMILES string of the molecule is CC(C)(C)[Si](C)(C)OCC1C(OC2CCCCO2)C[C@H]2C=C(CO)CC[C@@H]12. The van der Waals surface area contributed by atoms with Gasteiger partial charge < -0.3 is 19.0 Å². The second-order valence-electron chi connectivity index (χ2n) is 10.3. The first-order valence-corrected chi connectivity index (χ1v) is 13.8. The number of hydrogen-bond acceptors (Lipinski definition) is 4. The first kappa shape index (κ1) is 21.5. The maximum Gasteiger partial charge on any atom is 0.191 e. The normalized spacial score (nSPS) is 35.0. The van der Waals surface area contributed by atoms with E-state index in [4.69, 9.17) is 13.9 Å². The monoisotopic (exact) mass is 396 g/mol. The van der Waals surface area contributed by atoms with E-state index in [1.54, 1.807) is 0 Å². The molecular formula is C22H40O4Si. The van der Waals surface area contributed by atoms with Crippen LogP contribution in [0.25, 0.3) is 0 Å². The van der Waals surface area contributed by atoms with E-state index < -0.39 is 8.32 Å². The topological polar surface area (TPSA) is 47.9 Å². The van der Waals surface area contributed by atoms with Gasteiger partial charge >= 0.3 is 0 Å². The number of aliphatic hydroxyl groups is 1. The van der Waals surface area contributed by atoms with Crippen LogP contribution >= 0.6 is 0 Å². The Kier molecular flexibility index (Phi) is 6.90. The lowest BCUT2D eigenvalue weighted by Gasteiger charge is -2.39. The van der Waals surface area contributed by atoms with E-state index in [0.29, 0.717) is 17.8 Å². The van der Waals surface area contributed by atoms with Crippen molar-refractivity contribution in [2.75, 3.05) is 19.8 Å². The van der Waals surface area contributed by atoms with Crippen LogP contribution in [0.3, 0.4) is 0 Å². The molecule has 4 nitrogen and oxygen atoms in total. The smallest absolute Gasteiger partial charge is 0.191 e. The molecule has 2 fully saturated rings. The third-order valence-corrected chi connectivity index (χ3v) is 11.9. The molecule has 0 aromatic rings. The Morgan fingerprint density at radius 2 is 2.00 bits per heavy atom. The van der Waals surface area contributed by atoms with Crippen molar-refractivity contribution in [3.05, 3.63) is 11.6 Å². The molecule has 2 aliphatic carbocycles. The molecule has 1 saturated carbocycles. The standard InChI is InChI=1S/C22H40O4Si/c1-22(2,3)27(4,5)25-15-19-18-10-9-16(14-23)12-17(18)13-20(19)26-21-8-6-7-11-24-21/h12,17-21,23H,6-11,13-15H2,1-5H3/t17-,18-,19?,20?,21?/m1/s1. The van der Waals surface area contributed by atoms with Gasteiger partial charge in [0.2, 0.25) is 0 Å². The van der Waals surface area contributed by atoms with Crippen LogP contribution in [0.4, 0.5) is 0 Å². The summed E-state index contributed by atoms with van der Waals surface area (Å²) in [6, 6.07) is 0. The molecule has 3 unspecified atom stereocenters. The highest BCUT2D eigenvalue weighted by Crippen LogP contribution is 2.48. The van der Waals surface area contributed by atoms with E-state index in [9.17, 15) is 5.11 Å². The lowest BCUT2D eigenvalue weighted by Crippen LogP contribution is -2.44. The summed E-state index contributed by atoms with van der Waals surface area (Å²) in [5, 5.41) is 9.79. The fraction of sp³-hybridized carbons (Fsp3) is 0.909. The van der Waals surface area contributed by atoms with E-state index in [1.165, 1.54) is 12.0 Å². The van der Waals surface area contributed by atoms with Crippen molar-refractivity contribution in [1.82, 2.24) is 0 Å². The van der Waals surface area contributed by atoms with E-state index >= 15 is 0 Å². The fourth-order valence-corrected chi connectivity index (χ4v) is 5.66. The molecule has 1 N–H and O–H groups in total. The van der Waals surface area contributed by atoms with Gasteiger partial charge in [-0.25, -0.2) is 0 Å². The van der Waals surface area contributed by atoms with Gasteiger partial charge in [0, 0.05) is 19.1 Å². The predicted molar refractivity (Wildman–Crippen MR) is 111 cm³/mol. The van der Waals surface area contributed by atoms with Crippen molar-refractivity contribution in [2.45, 2.75) is 89.8 Å². The maximum atomic E-state index is 9.56. The molecule has 0 bridgehead atoms. The number of ether oxygens (including phenoxy) is 2. The zero-order valence-electron chi connectivity index (χ0n) is 18.0. The van der Waals surface area contributed by atoms with Gasteiger partial charge in [0.15, 0.2) is 14.6 Å². The van der Waals surface area contributed by atoms with Crippen molar-refractivity contribution in [2.24, 2.45) is 17.8 Å². The lowest BCUT2D eigenvalue weighted by atomic mass is 9.79. The van der Waals surface area contributed by atoms with Crippen LogP contribution in [0.15, 0.2) is 11.6 Å². The molecule has 0 aromatic carbocycles. The first-order chi connectivity index (χ1) is 12.7. The van der Waals surface area contributed by atoms with Gasteiger partial charge in [-0.05, 0) is 74.1 Å². The zero-order chi connectivity index (χ0) is 19.7. The van der Waals surface area contributed by atoms with Crippen LogP contribution in [-0.2, 0) is 13.9 Å². The summed E-state index contributed by atoms with van der Waals surface area (Å²) in [5.74, 6) is 1.56. The minimum Gasteiger partial charge on any atom is -0.416 e. The molecule has 5 heteroatoms. The second-order valence-corrected chi connectivity index (χ2v) is 15.1. The van der Waals surface area contributed by atoms with Crippen LogP contribution in [0.1, 0.15) is 59.3 Å². The second kappa shape index (κ2) is 8.66. The summed E-state index contributed by atoms with van der Waals surface area (Å²) in [6.07, 6.45) is 9.06. The molecule has 1 heterocycles. The van der Waals surface area contributed by atoms with E-state index in [2.05, 4.69) is 39.9 Å². The molecule has 5 atom stereocenters. The van der Waals surface area contributed by atoms with Crippen LogP contribution in [0, 0.1) is 17.8 Å². The van der Waals surface area contributed by atoms with Crippen molar-refractivity contribution >= 4 is 8.32 Å². The summed E-state index contributed by atoms with van der Waals surface area (Å²) in [4.78, 5) is 0. The van der Waals surface area contributed by atoms with Crippen molar-refractivity contribution in [1.29, 1.82) is 0 Å². The molecule has 27 heavy (non-hydrogen) atoms. The van der Waals surface area contributed by atoms with Crippen molar-refractivity contribution in [3.63, 3.8) is 0 Å². The molecule has 0 aromatic heterocycles. The predicted octanol–water partition coefficient (Wildman–Crippen LogP) is 4.88. The molecule has 1 saturated heterocycles. The van der Waals surface area contributed by atoms with Crippen molar-refractivity contribution in [3.8, 4) is 0 Å². The molecular weight excluding hydrogens is 356 g/mol. The van der Waals surface area contributed by atoms with Crippen LogP contribution in [-0.4, -0.2) is 45.6 Å². The zero-order valence-corrected chi connectivity index (χ0v) is 19.0. The number of aliphatic hydroxyl groups excluding tert-OH is 1. The third kappa shape index (κ3) is 5.05. The average Bonchev–Trinajstić information content (AvgIpc) is 2.96. The number of fused-ring (bicyclic) bond motifs is 1. The number of rotatable bonds is 6. The fourth-order valence-electron chi connectivity index (χ4n) is 4.62. The lowest BCUT2D eigenvalue weighted by molar-refractivity contribution is -0.197. The Bertz CT molecular complexity index is 519. The van der Waals surface area contributed by atoms with Crippen molar-refractivity contribution < 1.29 is 19.0 Å². The van der Waals surface area contributed by atoms with Gasteiger partial charge in [-0.1, -0.05) is 26.8 Å². The van der Waals surface area contributed by atoms with Crippen LogP contribution in [0.5, 0.6) is 0 Å². The molecule has 1 aliphatic heterocycles. The Morgan fingerprint density at radius 3 is 2.63 bits per heavy atom. The molecule has 0 spiro atoms. The molecule has 3 aliphatic rings. The first-order valence-electron chi connectivity index (χ1n) is 10.9. The Morgan fingerprint density at radius 1 is 1.22 bits per heavy atom. The summed E-state index contributed by atoms with van der Waals surface area (Å²) in [6.45, 7) is 13.4. The number of allylic oxidation sites excluding steroid dienone is 1. The summed E-state index contributed by atoms with van der Waals surface area (Å²) < 4.78 is 19.0. The summed E-state index contributed by atoms with van der Waals surface area (Å²) >= 11 is 0. The maximum absolute atomic E-state index is 9.56. The Hall–Kier alpha value is -0.203. The molecule has 3 rings (SSSR count). The molecule has 156 valence electrons. The van der Waals surface area contributed by atoms with E-state index in [0.717, 1.165) is 45.3 Å². The number of hydrogen-bond donors (Lipinski definition) is 1. The minimum atomic E-state index is -1.77.